The fourth-order valence-electron chi connectivity index (χ4n) is 2.15. The smallest absolute Gasteiger partial charge is 0.191 e. The van der Waals surface area contributed by atoms with E-state index in [0.29, 0.717) is 0 Å². The first-order chi connectivity index (χ1) is 10.3. The monoisotopic (exact) mass is 418 g/mol. The molecule has 0 aliphatic carbocycles. The Morgan fingerprint density at radius 3 is 2.32 bits per heavy atom. The Morgan fingerprint density at radius 2 is 1.73 bits per heavy atom. The summed E-state index contributed by atoms with van der Waals surface area (Å²) in [5.41, 5.74) is 1.35. The lowest BCUT2D eigenvalue weighted by Gasteiger charge is -2.17. The Morgan fingerprint density at radius 1 is 1.05 bits per heavy atom. The lowest BCUT2D eigenvalue weighted by atomic mass is 10.1. The van der Waals surface area contributed by atoms with E-state index in [1.165, 1.54) is 5.56 Å². The van der Waals surface area contributed by atoms with Crippen LogP contribution in [0.4, 0.5) is 0 Å². The minimum Gasteiger partial charge on any atom is -0.357 e. The summed E-state index contributed by atoms with van der Waals surface area (Å²) in [5, 5.41) is 6.70. The van der Waals surface area contributed by atoms with Crippen molar-refractivity contribution in [2.75, 3.05) is 39.3 Å². The number of rotatable bonds is 9. The Balaban J connectivity index is 0.00000441. The van der Waals surface area contributed by atoms with Crippen molar-refractivity contribution >= 4 is 29.9 Å². The van der Waals surface area contributed by atoms with E-state index in [2.05, 4.69) is 71.6 Å². The van der Waals surface area contributed by atoms with Crippen molar-refractivity contribution in [2.45, 2.75) is 27.2 Å². The topological polar surface area (TPSA) is 39.7 Å². The van der Waals surface area contributed by atoms with Crippen molar-refractivity contribution < 1.29 is 0 Å². The number of hydrogen-bond donors (Lipinski definition) is 2. The molecule has 0 aliphatic rings. The minimum atomic E-state index is 0. The van der Waals surface area contributed by atoms with Gasteiger partial charge in [0.15, 0.2) is 5.96 Å². The Kier molecular flexibility index (Phi) is 13.3. The molecule has 0 radical (unpaired) electrons. The zero-order valence-electron chi connectivity index (χ0n) is 14.1. The molecule has 1 aromatic rings. The molecule has 0 spiro atoms. The summed E-state index contributed by atoms with van der Waals surface area (Å²) in [6.07, 6.45) is 1.02. The molecule has 0 fully saturated rings. The molecule has 0 aliphatic heterocycles. The quantitative estimate of drug-likeness (QED) is 0.368. The standard InChI is InChI=1S/C17H30N4.HI/c1-4-18-17(20-14-15-21(5-2)6-3)19-13-12-16-10-8-7-9-11-16;/h7-11H,4-6,12-15H2,1-3H3,(H2,18,19,20);1H. The molecular weight excluding hydrogens is 387 g/mol. The molecule has 5 heteroatoms. The highest BCUT2D eigenvalue weighted by atomic mass is 127. The first kappa shape index (κ1) is 21.2. The number of benzene rings is 1. The molecule has 0 atom stereocenters. The van der Waals surface area contributed by atoms with Crippen LogP contribution in [0.25, 0.3) is 0 Å². The maximum Gasteiger partial charge on any atom is 0.191 e. The molecule has 0 aromatic heterocycles. The largest absolute Gasteiger partial charge is 0.357 e. The van der Waals surface area contributed by atoms with Crippen LogP contribution in [0.1, 0.15) is 26.3 Å². The van der Waals surface area contributed by atoms with Crippen molar-refractivity contribution in [3.8, 4) is 0 Å². The van der Waals surface area contributed by atoms with Gasteiger partial charge in [0, 0.05) is 19.6 Å². The van der Waals surface area contributed by atoms with Gasteiger partial charge in [0.05, 0.1) is 6.54 Å². The number of likely N-dealkylation sites (N-methyl/N-ethyl adjacent to an activating group) is 1. The fraction of sp³-hybridized carbons (Fsp3) is 0.588. The van der Waals surface area contributed by atoms with Crippen molar-refractivity contribution in [1.82, 2.24) is 15.5 Å². The third kappa shape index (κ3) is 9.25. The van der Waals surface area contributed by atoms with Crippen molar-refractivity contribution in [2.24, 2.45) is 4.99 Å². The molecule has 0 bridgehead atoms. The third-order valence-corrected chi connectivity index (χ3v) is 3.47. The van der Waals surface area contributed by atoms with Gasteiger partial charge in [0.2, 0.25) is 0 Å². The Labute approximate surface area is 152 Å². The van der Waals surface area contributed by atoms with Gasteiger partial charge in [-0.3, -0.25) is 4.99 Å². The summed E-state index contributed by atoms with van der Waals surface area (Å²) in [6.45, 7) is 12.3. The van der Waals surface area contributed by atoms with Gasteiger partial charge < -0.3 is 15.5 Å². The maximum absolute atomic E-state index is 4.63. The van der Waals surface area contributed by atoms with Crippen molar-refractivity contribution in [3.05, 3.63) is 35.9 Å². The Bertz CT molecular complexity index is 391. The van der Waals surface area contributed by atoms with Crippen molar-refractivity contribution in [3.63, 3.8) is 0 Å². The number of aliphatic imine (C=N–C) groups is 1. The van der Waals surface area contributed by atoms with Crippen LogP contribution in [0.3, 0.4) is 0 Å². The van der Waals surface area contributed by atoms with E-state index in [0.717, 1.165) is 51.6 Å². The minimum absolute atomic E-state index is 0. The van der Waals surface area contributed by atoms with E-state index in [-0.39, 0.29) is 24.0 Å². The van der Waals surface area contributed by atoms with Gasteiger partial charge in [0.25, 0.3) is 0 Å². The molecule has 1 rings (SSSR count). The highest BCUT2D eigenvalue weighted by Gasteiger charge is 2.00. The second kappa shape index (κ2) is 13.8. The summed E-state index contributed by atoms with van der Waals surface area (Å²) in [6, 6.07) is 10.5. The highest BCUT2D eigenvalue weighted by Crippen LogP contribution is 1.98. The number of guanidine groups is 1. The van der Waals surface area contributed by atoms with E-state index in [1.807, 2.05) is 0 Å². The van der Waals surface area contributed by atoms with Crippen LogP contribution in [0.5, 0.6) is 0 Å². The molecule has 22 heavy (non-hydrogen) atoms. The van der Waals surface area contributed by atoms with Crippen LogP contribution >= 0.6 is 24.0 Å². The average molecular weight is 418 g/mol. The zero-order chi connectivity index (χ0) is 15.3. The first-order valence-electron chi connectivity index (χ1n) is 8.08. The molecule has 0 heterocycles. The summed E-state index contributed by atoms with van der Waals surface area (Å²) >= 11 is 0. The van der Waals surface area contributed by atoms with Crippen LogP contribution < -0.4 is 10.6 Å². The summed E-state index contributed by atoms with van der Waals surface area (Å²) < 4.78 is 0. The normalized spacial score (nSPS) is 11.2. The SMILES string of the molecule is CCNC(=NCCN(CC)CC)NCCc1ccccc1.I. The number of hydrogen-bond acceptors (Lipinski definition) is 2. The Hall–Kier alpha value is -0.820. The highest BCUT2D eigenvalue weighted by molar-refractivity contribution is 14.0. The molecular formula is C17H31IN4. The van der Waals surface area contributed by atoms with Crippen LogP contribution in [0.15, 0.2) is 35.3 Å². The van der Waals surface area contributed by atoms with Gasteiger partial charge in [0.1, 0.15) is 0 Å². The molecule has 0 unspecified atom stereocenters. The van der Waals surface area contributed by atoms with Crippen LogP contribution in [0.2, 0.25) is 0 Å². The molecule has 0 amide bonds. The lowest BCUT2D eigenvalue weighted by Crippen LogP contribution is -2.39. The lowest BCUT2D eigenvalue weighted by molar-refractivity contribution is 0.313. The first-order valence-corrected chi connectivity index (χ1v) is 8.08. The van der Waals surface area contributed by atoms with Gasteiger partial charge >= 0.3 is 0 Å². The summed E-state index contributed by atoms with van der Waals surface area (Å²) in [4.78, 5) is 7.02. The van der Waals surface area contributed by atoms with Gasteiger partial charge in [-0.25, -0.2) is 0 Å². The van der Waals surface area contributed by atoms with Crippen LogP contribution in [-0.2, 0) is 6.42 Å². The van der Waals surface area contributed by atoms with Gasteiger partial charge in [-0.2, -0.15) is 0 Å². The van der Waals surface area contributed by atoms with Gasteiger partial charge in [-0.05, 0) is 32.0 Å². The van der Waals surface area contributed by atoms with E-state index in [1.54, 1.807) is 0 Å². The number of nitrogens with one attached hydrogen (secondary N) is 2. The number of nitrogens with zero attached hydrogens (tertiary/aromatic N) is 2. The molecule has 0 saturated heterocycles. The van der Waals surface area contributed by atoms with Gasteiger partial charge in [-0.1, -0.05) is 44.2 Å². The van der Waals surface area contributed by atoms with E-state index in [9.17, 15) is 0 Å². The van der Waals surface area contributed by atoms with Crippen LogP contribution in [0, 0.1) is 0 Å². The second-order valence-electron chi connectivity index (χ2n) is 4.95. The molecule has 2 N–H and O–H groups in total. The van der Waals surface area contributed by atoms with E-state index in [4.69, 9.17) is 0 Å². The molecule has 0 saturated carbocycles. The molecule has 126 valence electrons. The second-order valence-corrected chi connectivity index (χ2v) is 4.95. The predicted octanol–water partition coefficient (Wildman–Crippen LogP) is 2.74. The third-order valence-electron chi connectivity index (χ3n) is 3.47. The maximum atomic E-state index is 4.63. The van der Waals surface area contributed by atoms with Crippen molar-refractivity contribution in [1.29, 1.82) is 0 Å². The summed E-state index contributed by atoms with van der Waals surface area (Å²) in [5.74, 6) is 0.917. The fourth-order valence-corrected chi connectivity index (χ4v) is 2.15. The van der Waals surface area contributed by atoms with Crippen LogP contribution in [-0.4, -0.2) is 50.1 Å². The van der Waals surface area contributed by atoms with E-state index < -0.39 is 0 Å². The zero-order valence-corrected chi connectivity index (χ0v) is 16.5. The molecule has 1 aromatic carbocycles. The van der Waals surface area contributed by atoms with Gasteiger partial charge in [-0.15, -0.1) is 24.0 Å². The van der Waals surface area contributed by atoms with E-state index >= 15 is 0 Å². The summed E-state index contributed by atoms with van der Waals surface area (Å²) in [7, 11) is 0. The molecule has 4 nitrogen and oxygen atoms in total. The average Bonchev–Trinajstić information content (AvgIpc) is 2.52. The number of halogens is 1. The predicted molar refractivity (Wildman–Crippen MR) is 107 cm³/mol.